The van der Waals surface area contributed by atoms with E-state index in [1.165, 1.54) is 25.2 Å². The zero-order chi connectivity index (χ0) is 17.1. The van der Waals surface area contributed by atoms with Gasteiger partial charge in [0.05, 0.1) is 23.3 Å². The lowest BCUT2D eigenvalue weighted by Gasteiger charge is -2.15. The standard InChI is InChI=1S/C18H29IN2O2/c1-5-11-23-18-16(19)12-15(13-17(18)22-8-4)14-20-9-10-21(6-2)7-3/h5,12-13,20H,1,6-11,14H2,2-4H3/p+2. The highest BCUT2D eigenvalue weighted by molar-refractivity contribution is 14.1. The first-order valence-corrected chi connectivity index (χ1v) is 9.58. The van der Waals surface area contributed by atoms with E-state index >= 15 is 0 Å². The highest BCUT2D eigenvalue weighted by Crippen LogP contribution is 2.34. The second-order valence-electron chi connectivity index (χ2n) is 5.43. The topological polar surface area (TPSA) is 39.5 Å². The van der Waals surface area contributed by atoms with Gasteiger partial charge in [0.2, 0.25) is 0 Å². The summed E-state index contributed by atoms with van der Waals surface area (Å²) in [6, 6.07) is 4.28. The molecule has 0 amide bonds. The molecule has 5 heteroatoms. The molecule has 3 N–H and O–H groups in total. The van der Waals surface area contributed by atoms with E-state index in [1.54, 1.807) is 11.0 Å². The van der Waals surface area contributed by atoms with Crippen molar-refractivity contribution >= 4 is 22.6 Å². The van der Waals surface area contributed by atoms with Gasteiger partial charge in [-0.25, -0.2) is 0 Å². The first kappa shape index (κ1) is 20.3. The number of rotatable bonds is 12. The van der Waals surface area contributed by atoms with Gasteiger partial charge in [-0.1, -0.05) is 12.7 Å². The number of hydrogen-bond acceptors (Lipinski definition) is 2. The molecule has 4 nitrogen and oxygen atoms in total. The zero-order valence-corrected chi connectivity index (χ0v) is 16.8. The molecule has 1 aromatic carbocycles. The third-order valence-corrected chi connectivity index (χ3v) is 4.60. The minimum atomic E-state index is 0.494. The molecule has 0 aromatic heterocycles. The predicted molar refractivity (Wildman–Crippen MR) is 103 cm³/mol. The van der Waals surface area contributed by atoms with Crippen molar-refractivity contribution in [2.45, 2.75) is 27.3 Å². The zero-order valence-electron chi connectivity index (χ0n) is 14.7. The van der Waals surface area contributed by atoms with E-state index in [4.69, 9.17) is 9.47 Å². The average molecular weight is 434 g/mol. The lowest BCUT2D eigenvalue weighted by Crippen LogP contribution is -3.14. The van der Waals surface area contributed by atoms with Gasteiger partial charge in [0, 0.05) is 5.56 Å². The molecule has 0 bridgehead atoms. The molecule has 23 heavy (non-hydrogen) atoms. The van der Waals surface area contributed by atoms with Crippen molar-refractivity contribution in [2.24, 2.45) is 0 Å². The van der Waals surface area contributed by atoms with E-state index in [1.807, 2.05) is 6.92 Å². The van der Waals surface area contributed by atoms with E-state index in [9.17, 15) is 0 Å². The summed E-state index contributed by atoms with van der Waals surface area (Å²) >= 11 is 2.32. The quantitative estimate of drug-likeness (QED) is 0.295. The minimum absolute atomic E-state index is 0.494. The Morgan fingerprint density at radius 2 is 1.96 bits per heavy atom. The average Bonchev–Trinajstić information content (AvgIpc) is 2.54. The SMILES string of the molecule is C=CCOc1c(I)cc(C[NH2+]CC[NH+](CC)CC)cc1OCC. The number of hydrogen-bond donors (Lipinski definition) is 2. The van der Waals surface area contributed by atoms with E-state index in [0.29, 0.717) is 13.2 Å². The van der Waals surface area contributed by atoms with Crippen molar-refractivity contribution in [3.63, 3.8) is 0 Å². The molecule has 0 aliphatic rings. The number of nitrogens with two attached hydrogens (primary N) is 1. The van der Waals surface area contributed by atoms with Crippen LogP contribution >= 0.6 is 22.6 Å². The molecule has 0 radical (unpaired) electrons. The van der Waals surface area contributed by atoms with E-state index in [0.717, 1.165) is 28.2 Å². The fourth-order valence-corrected chi connectivity index (χ4v) is 3.28. The van der Waals surface area contributed by atoms with E-state index in [2.05, 4.69) is 60.5 Å². The van der Waals surface area contributed by atoms with Crippen molar-refractivity contribution in [1.82, 2.24) is 0 Å². The highest BCUT2D eigenvalue weighted by atomic mass is 127. The molecule has 0 heterocycles. The molecule has 130 valence electrons. The largest absolute Gasteiger partial charge is 0.490 e. The van der Waals surface area contributed by atoms with Crippen LogP contribution in [0.1, 0.15) is 26.3 Å². The maximum absolute atomic E-state index is 5.75. The molecular weight excluding hydrogens is 403 g/mol. The monoisotopic (exact) mass is 434 g/mol. The summed E-state index contributed by atoms with van der Waals surface area (Å²) in [4.78, 5) is 1.65. The van der Waals surface area contributed by atoms with Crippen LogP contribution in [0, 0.1) is 3.57 Å². The molecule has 0 atom stereocenters. The first-order valence-electron chi connectivity index (χ1n) is 8.50. The van der Waals surface area contributed by atoms with Gasteiger partial charge in [-0.05, 0) is 55.5 Å². The number of ether oxygens (including phenoxy) is 2. The Morgan fingerprint density at radius 3 is 2.57 bits per heavy atom. The molecule has 0 saturated carbocycles. The molecule has 0 fully saturated rings. The molecule has 0 unspecified atom stereocenters. The van der Waals surface area contributed by atoms with Gasteiger partial charge in [0.15, 0.2) is 11.5 Å². The fourth-order valence-electron chi connectivity index (χ4n) is 2.46. The van der Waals surface area contributed by atoms with Gasteiger partial charge >= 0.3 is 0 Å². The molecule has 1 rings (SSSR count). The lowest BCUT2D eigenvalue weighted by atomic mass is 10.2. The van der Waals surface area contributed by atoms with Crippen LogP contribution in [0.15, 0.2) is 24.8 Å². The Morgan fingerprint density at radius 1 is 1.22 bits per heavy atom. The van der Waals surface area contributed by atoms with Crippen LogP contribution < -0.4 is 19.7 Å². The van der Waals surface area contributed by atoms with Crippen LogP contribution in [-0.4, -0.2) is 39.4 Å². The Balaban J connectivity index is 2.66. The third-order valence-electron chi connectivity index (χ3n) is 3.80. The van der Waals surface area contributed by atoms with Crippen molar-refractivity contribution in [2.75, 3.05) is 39.4 Å². The van der Waals surface area contributed by atoms with Gasteiger partial charge in [-0.15, -0.1) is 0 Å². The number of halogens is 1. The Hall–Kier alpha value is -0.790. The molecular formula is C18H31IN2O2+2. The summed E-state index contributed by atoms with van der Waals surface area (Å²) in [6.45, 7) is 17.1. The van der Waals surface area contributed by atoms with Gasteiger partial charge < -0.3 is 19.7 Å². The van der Waals surface area contributed by atoms with Crippen molar-refractivity contribution in [3.8, 4) is 11.5 Å². The second-order valence-corrected chi connectivity index (χ2v) is 6.59. The smallest absolute Gasteiger partial charge is 0.174 e. The highest BCUT2D eigenvalue weighted by Gasteiger charge is 2.13. The van der Waals surface area contributed by atoms with Crippen LogP contribution in [0.2, 0.25) is 0 Å². The Kier molecular flexibility index (Phi) is 10.3. The third kappa shape index (κ3) is 7.10. The number of benzene rings is 1. The first-order chi connectivity index (χ1) is 11.2. The van der Waals surface area contributed by atoms with Gasteiger partial charge in [-0.3, -0.25) is 0 Å². The second kappa shape index (κ2) is 11.7. The van der Waals surface area contributed by atoms with Crippen molar-refractivity contribution in [3.05, 3.63) is 33.9 Å². The summed E-state index contributed by atoms with van der Waals surface area (Å²) in [6.07, 6.45) is 1.75. The minimum Gasteiger partial charge on any atom is -0.490 e. The maximum atomic E-state index is 5.75. The van der Waals surface area contributed by atoms with Crippen LogP contribution in [0.4, 0.5) is 0 Å². The lowest BCUT2D eigenvalue weighted by molar-refractivity contribution is -0.910. The molecule has 0 aliphatic heterocycles. The van der Waals surface area contributed by atoms with Crippen molar-refractivity contribution < 1.29 is 19.7 Å². The summed E-state index contributed by atoms with van der Waals surface area (Å²) < 4.78 is 12.6. The number of likely N-dealkylation sites (N-methyl/N-ethyl adjacent to an activating group) is 1. The fraction of sp³-hybridized carbons (Fsp3) is 0.556. The maximum Gasteiger partial charge on any atom is 0.174 e. The summed E-state index contributed by atoms with van der Waals surface area (Å²) in [5, 5.41) is 2.37. The molecule has 0 aliphatic carbocycles. The summed E-state index contributed by atoms with van der Waals surface area (Å²) in [5.41, 5.74) is 1.28. The normalized spacial score (nSPS) is 10.8. The van der Waals surface area contributed by atoms with Crippen molar-refractivity contribution in [1.29, 1.82) is 0 Å². The summed E-state index contributed by atoms with van der Waals surface area (Å²) in [7, 11) is 0. The van der Waals surface area contributed by atoms with Crippen LogP contribution in [0.25, 0.3) is 0 Å². The molecule has 0 saturated heterocycles. The van der Waals surface area contributed by atoms with Crippen LogP contribution in [-0.2, 0) is 6.54 Å². The Labute approximate surface area is 154 Å². The van der Waals surface area contributed by atoms with E-state index in [-0.39, 0.29) is 0 Å². The van der Waals surface area contributed by atoms with Gasteiger partial charge in [-0.2, -0.15) is 0 Å². The number of nitrogens with one attached hydrogen (secondary N) is 1. The van der Waals surface area contributed by atoms with Gasteiger partial charge in [0.1, 0.15) is 26.2 Å². The summed E-state index contributed by atoms with van der Waals surface area (Å²) in [5.74, 6) is 1.66. The van der Waals surface area contributed by atoms with Gasteiger partial charge in [0.25, 0.3) is 0 Å². The Bertz CT molecular complexity index is 476. The van der Waals surface area contributed by atoms with Crippen LogP contribution in [0.5, 0.6) is 11.5 Å². The van der Waals surface area contributed by atoms with E-state index < -0.39 is 0 Å². The molecule has 0 spiro atoms. The number of quaternary nitrogens is 2. The predicted octanol–water partition coefficient (Wildman–Crippen LogP) is 1.24. The molecule has 1 aromatic rings. The van der Waals surface area contributed by atoms with Crippen LogP contribution in [0.3, 0.4) is 0 Å².